The maximum absolute atomic E-state index is 12.3. The lowest BCUT2D eigenvalue weighted by Crippen LogP contribution is -2.19. The van der Waals surface area contributed by atoms with Gasteiger partial charge in [-0.15, -0.1) is 34.3 Å². The molecular formula is C6H3F3N4S. The van der Waals surface area contributed by atoms with Crippen LogP contribution >= 0.6 is 11.3 Å². The van der Waals surface area contributed by atoms with Crippen LogP contribution < -0.4 is 0 Å². The van der Waals surface area contributed by atoms with E-state index in [-0.39, 0.29) is 10.5 Å². The zero-order valence-electron chi connectivity index (χ0n) is 6.56. The molecular weight excluding hydrogens is 217 g/mol. The highest BCUT2D eigenvalue weighted by Crippen LogP contribution is 2.28. The smallest absolute Gasteiger partial charge is 0.149 e. The van der Waals surface area contributed by atoms with Gasteiger partial charge in [-0.2, -0.15) is 0 Å². The van der Waals surface area contributed by atoms with Crippen molar-refractivity contribution in [3.05, 3.63) is 17.5 Å². The first-order valence-electron chi connectivity index (χ1n) is 3.48. The number of hydrogen-bond donors (Lipinski definition) is 0. The molecule has 74 valence electrons. The minimum absolute atomic E-state index is 0.154. The molecule has 0 saturated heterocycles. The Kier molecular flexibility index (Phi) is 1.99. The molecule has 4 nitrogen and oxygen atoms in total. The Labute approximate surface area is 80.0 Å². The molecule has 0 N–H and O–H groups in total. The molecule has 0 aliphatic rings. The highest BCUT2D eigenvalue weighted by Gasteiger charge is 2.36. The van der Waals surface area contributed by atoms with Crippen molar-refractivity contribution in [3.63, 3.8) is 0 Å². The van der Waals surface area contributed by atoms with E-state index in [1.165, 1.54) is 6.07 Å². The van der Waals surface area contributed by atoms with E-state index in [4.69, 9.17) is 0 Å². The van der Waals surface area contributed by atoms with Gasteiger partial charge in [0.15, 0.2) is 0 Å². The van der Waals surface area contributed by atoms with Crippen LogP contribution in [0.15, 0.2) is 17.5 Å². The van der Waals surface area contributed by atoms with Crippen molar-refractivity contribution in [2.75, 3.05) is 0 Å². The molecule has 0 aromatic carbocycles. The Morgan fingerprint density at radius 1 is 1.36 bits per heavy atom. The molecule has 2 rings (SSSR count). The Hall–Kier alpha value is -1.44. The van der Waals surface area contributed by atoms with Crippen LogP contribution in [0.3, 0.4) is 0 Å². The van der Waals surface area contributed by atoms with Gasteiger partial charge in [-0.25, -0.2) is 0 Å². The second kappa shape index (κ2) is 3.05. The Bertz CT molecular complexity index is 418. The number of aromatic nitrogens is 4. The number of tetrazole rings is 1. The third kappa shape index (κ3) is 1.48. The molecule has 8 heteroatoms. The van der Waals surface area contributed by atoms with E-state index in [1.54, 1.807) is 11.4 Å². The number of hydrogen-bond acceptors (Lipinski definition) is 4. The summed E-state index contributed by atoms with van der Waals surface area (Å²) < 4.78 is 36.7. The molecule has 2 aromatic heterocycles. The molecule has 0 fully saturated rings. The van der Waals surface area contributed by atoms with Crippen molar-refractivity contribution < 1.29 is 13.2 Å². The molecule has 14 heavy (non-hydrogen) atoms. The van der Waals surface area contributed by atoms with E-state index in [9.17, 15) is 13.2 Å². The quantitative estimate of drug-likeness (QED) is 0.736. The van der Waals surface area contributed by atoms with Gasteiger partial charge in [-0.3, -0.25) is 0 Å². The normalized spacial score (nSPS) is 11.9. The van der Waals surface area contributed by atoms with Crippen molar-refractivity contribution in [3.8, 4) is 10.7 Å². The van der Waals surface area contributed by atoms with Crippen molar-refractivity contribution in [1.82, 2.24) is 20.2 Å². The molecule has 0 aliphatic heterocycles. The summed E-state index contributed by atoms with van der Waals surface area (Å²) >= 11 is 1.15. The minimum atomic E-state index is -4.58. The summed E-state index contributed by atoms with van der Waals surface area (Å²) in [7, 11) is 0. The molecule has 0 radical (unpaired) electrons. The van der Waals surface area contributed by atoms with E-state index in [0.717, 1.165) is 11.3 Å². The first-order valence-corrected chi connectivity index (χ1v) is 4.36. The van der Waals surface area contributed by atoms with Gasteiger partial charge in [-0.1, -0.05) is 6.07 Å². The Morgan fingerprint density at radius 2 is 2.14 bits per heavy atom. The summed E-state index contributed by atoms with van der Waals surface area (Å²) in [4.78, 5) is 0.382. The fourth-order valence-corrected chi connectivity index (χ4v) is 1.61. The van der Waals surface area contributed by atoms with E-state index >= 15 is 0 Å². The molecule has 0 atom stereocenters. The van der Waals surface area contributed by atoms with Crippen molar-refractivity contribution in [2.24, 2.45) is 0 Å². The summed E-state index contributed by atoms with van der Waals surface area (Å²) in [6, 6.07) is 3.16. The summed E-state index contributed by atoms with van der Waals surface area (Å²) in [6.45, 7) is 0. The summed E-state index contributed by atoms with van der Waals surface area (Å²) in [5.41, 5.74) is 0. The van der Waals surface area contributed by atoms with Crippen LogP contribution in [0.25, 0.3) is 10.7 Å². The third-order valence-corrected chi connectivity index (χ3v) is 2.32. The van der Waals surface area contributed by atoms with Crippen LogP contribution in [0.5, 0.6) is 0 Å². The fraction of sp³-hybridized carbons (Fsp3) is 0.167. The molecule has 0 aliphatic carbocycles. The second-order valence-electron chi connectivity index (χ2n) is 2.36. The van der Waals surface area contributed by atoms with E-state index < -0.39 is 6.30 Å². The van der Waals surface area contributed by atoms with Gasteiger partial charge in [-0.05, 0) is 21.9 Å². The molecule has 0 saturated carbocycles. The molecule has 0 bridgehead atoms. The topological polar surface area (TPSA) is 43.6 Å². The van der Waals surface area contributed by atoms with Crippen LogP contribution in [0.4, 0.5) is 13.2 Å². The SMILES string of the molecule is FC(F)(F)n1nnnc1-c1cccs1. The maximum Gasteiger partial charge on any atom is 0.507 e. The van der Waals surface area contributed by atoms with Crippen molar-refractivity contribution >= 4 is 11.3 Å². The van der Waals surface area contributed by atoms with Crippen LogP contribution in [0, 0.1) is 0 Å². The van der Waals surface area contributed by atoms with Gasteiger partial charge in [0.25, 0.3) is 0 Å². The minimum Gasteiger partial charge on any atom is -0.149 e. The maximum atomic E-state index is 12.3. The van der Waals surface area contributed by atoms with E-state index in [2.05, 4.69) is 15.5 Å². The summed E-state index contributed by atoms with van der Waals surface area (Å²) in [6.07, 6.45) is -4.58. The van der Waals surface area contributed by atoms with Gasteiger partial charge in [0.1, 0.15) is 0 Å². The third-order valence-electron chi connectivity index (χ3n) is 1.45. The van der Waals surface area contributed by atoms with Crippen molar-refractivity contribution in [1.29, 1.82) is 0 Å². The molecule has 2 heterocycles. The van der Waals surface area contributed by atoms with Gasteiger partial charge in [0.05, 0.1) is 4.88 Å². The Balaban J connectivity index is 2.51. The van der Waals surface area contributed by atoms with E-state index in [0.29, 0.717) is 4.88 Å². The average Bonchev–Trinajstić information content (AvgIpc) is 2.73. The largest absolute Gasteiger partial charge is 0.507 e. The summed E-state index contributed by atoms with van der Waals surface area (Å²) in [5.74, 6) is -0.285. The Morgan fingerprint density at radius 3 is 2.71 bits per heavy atom. The highest BCUT2D eigenvalue weighted by molar-refractivity contribution is 7.13. The van der Waals surface area contributed by atoms with Crippen LogP contribution in [-0.2, 0) is 6.30 Å². The lowest BCUT2D eigenvalue weighted by atomic mass is 10.4. The highest BCUT2D eigenvalue weighted by atomic mass is 32.1. The van der Waals surface area contributed by atoms with Crippen LogP contribution in [-0.4, -0.2) is 20.2 Å². The fourth-order valence-electron chi connectivity index (χ4n) is 0.917. The van der Waals surface area contributed by atoms with Gasteiger partial charge in [0.2, 0.25) is 5.82 Å². The first kappa shape index (κ1) is 9.13. The molecule has 0 spiro atoms. The number of rotatable bonds is 1. The van der Waals surface area contributed by atoms with Gasteiger partial charge < -0.3 is 0 Å². The average molecular weight is 220 g/mol. The van der Waals surface area contributed by atoms with Gasteiger partial charge >= 0.3 is 6.30 Å². The van der Waals surface area contributed by atoms with Crippen LogP contribution in [0.2, 0.25) is 0 Å². The first-order chi connectivity index (χ1) is 6.59. The molecule has 0 unspecified atom stereocenters. The van der Waals surface area contributed by atoms with Gasteiger partial charge in [0, 0.05) is 0 Å². The zero-order chi connectivity index (χ0) is 10.2. The van der Waals surface area contributed by atoms with E-state index in [1.807, 2.05) is 0 Å². The zero-order valence-corrected chi connectivity index (χ0v) is 7.38. The molecule has 2 aromatic rings. The number of thiophene rings is 1. The second-order valence-corrected chi connectivity index (χ2v) is 3.31. The van der Waals surface area contributed by atoms with Crippen molar-refractivity contribution in [2.45, 2.75) is 6.30 Å². The standard InChI is InChI=1S/C6H3F3N4S/c7-6(8,9)13-5(10-11-12-13)4-2-1-3-14-4/h1-3H. The lowest BCUT2D eigenvalue weighted by molar-refractivity contribution is -0.211. The molecule has 0 amide bonds. The number of halogens is 3. The van der Waals surface area contributed by atoms with Crippen LogP contribution in [0.1, 0.15) is 0 Å². The predicted molar refractivity (Wildman–Crippen MR) is 42.4 cm³/mol. The predicted octanol–water partition coefficient (Wildman–Crippen LogP) is 1.88. The summed E-state index contributed by atoms with van der Waals surface area (Å²) in [5, 5.41) is 10.8. The number of nitrogens with zero attached hydrogens (tertiary/aromatic N) is 4. The monoisotopic (exact) mass is 220 g/mol. The lowest BCUT2D eigenvalue weighted by Gasteiger charge is -2.05. The number of alkyl halides is 3.